The van der Waals surface area contributed by atoms with Crippen LogP contribution in [-0.2, 0) is 4.79 Å². The summed E-state index contributed by atoms with van der Waals surface area (Å²) in [6.45, 7) is 5.41. The van der Waals surface area contributed by atoms with E-state index in [9.17, 15) is 9.90 Å². The van der Waals surface area contributed by atoms with E-state index in [0.29, 0.717) is 5.57 Å². The summed E-state index contributed by atoms with van der Waals surface area (Å²) in [7, 11) is 0. The number of carbonyl (C=O) groups is 1. The molecule has 1 aliphatic rings. The van der Waals surface area contributed by atoms with Crippen LogP contribution in [0.5, 0.6) is 0 Å². The second kappa shape index (κ2) is 2.87. The lowest BCUT2D eigenvalue weighted by Gasteiger charge is -2.24. The second-order valence-electron chi connectivity index (χ2n) is 3.80. The Balaban J connectivity index is 3.04. The molecule has 0 heterocycles. The van der Waals surface area contributed by atoms with Crippen LogP contribution in [0.15, 0.2) is 23.8 Å². The van der Waals surface area contributed by atoms with Crippen molar-refractivity contribution < 1.29 is 9.90 Å². The van der Waals surface area contributed by atoms with Crippen LogP contribution in [0.25, 0.3) is 0 Å². The van der Waals surface area contributed by atoms with Crippen molar-refractivity contribution in [3.05, 3.63) is 23.8 Å². The summed E-state index contributed by atoms with van der Waals surface area (Å²) in [5.74, 6) is -0.176. The number of carbonyl (C=O) groups excluding carboxylic acids is 1. The number of rotatable bonds is 0. The Morgan fingerprint density at radius 2 is 2.08 bits per heavy atom. The SMILES string of the molecule is CC1=CC=CC(C)(C)C(O)C1=O. The first-order valence-electron chi connectivity index (χ1n) is 4.03. The van der Waals surface area contributed by atoms with Crippen LogP contribution >= 0.6 is 0 Å². The molecule has 0 aliphatic heterocycles. The highest BCUT2D eigenvalue weighted by Gasteiger charge is 2.32. The summed E-state index contributed by atoms with van der Waals surface area (Å²) in [6, 6.07) is 0. The lowest BCUT2D eigenvalue weighted by molar-refractivity contribution is -0.127. The average molecular weight is 166 g/mol. The number of hydrogen-bond donors (Lipinski definition) is 1. The predicted molar refractivity (Wildman–Crippen MR) is 47.7 cm³/mol. The number of hydrogen-bond acceptors (Lipinski definition) is 2. The van der Waals surface area contributed by atoms with E-state index in [1.165, 1.54) is 0 Å². The van der Waals surface area contributed by atoms with E-state index < -0.39 is 11.5 Å². The van der Waals surface area contributed by atoms with E-state index in [4.69, 9.17) is 0 Å². The molecular formula is C10H14O2. The fourth-order valence-corrected chi connectivity index (χ4v) is 1.17. The van der Waals surface area contributed by atoms with Crippen LogP contribution in [0.4, 0.5) is 0 Å². The maximum absolute atomic E-state index is 11.4. The smallest absolute Gasteiger partial charge is 0.187 e. The molecule has 2 nitrogen and oxygen atoms in total. The highest BCUT2D eigenvalue weighted by Crippen LogP contribution is 2.27. The van der Waals surface area contributed by atoms with Crippen LogP contribution in [0.1, 0.15) is 20.8 Å². The van der Waals surface area contributed by atoms with Gasteiger partial charge in [-0.05, 0) is 12.5 Å². The molecule has 0 saturated carbocycles. The lowest BCUT2D eigenvalue weighted by Crippen LogP contribution is -2.34. The van der Waals surface area contributed by atoms with Gasteiger partial charge in [0, 0.05) is 5.41 Å². The van der Waals surface area contributed by atoms with E-state index in [0.717, 1.165) is 0 Å². The quantitative estimate of drug-likeness (QED) is 0.591. The van der Waals surface area contributed by atoms with Crippen LogP contribution in [0.3, 0.4) is 0 Å². The van der Waals surface area contributed by atoms with Gasteiger partial charge in [0.05, 0.1) is 0 Å². The predicted octanol–water partition coefficient (Wildman–Crippen LogP) is 1.46. The van der Waals surface area contributed by atoms with Crippen LogP contribution in [0, 0.1) is 5.41 Å². The fourth-order valence-electron chi connectivity index (χ4n) is 1.17. The van der Waals surface area contributed by atoms with Crippen LogP contribution < -0.4 is 0 Å². The van der Waals surface area contributed by atoms with Crippen molar-refractivity contribution in [2.45, 2.75) is 26.9 Å². The molecule has 0 aromatic carbocycles. The second-order valence-corrected chi connectivity index (χ2v) is 3.80. The Kier molecular flexibility index (Phi) is 2.20. The van der Waals surface area contributed by atoms with Crippen LogP contribution in [0.2, 0.25) is 0 Å². The highest BCUT2D eigenvalue weighted by atomic mass is 16.3. The molecule has 0 aromatic heterocycles. The van der Waals surface area contributed by atoms with Gasteiger partial charge in [-0.15, -0.1) is 0 Å². The van der Waals surface area contributed by atoms with Crippen molar-refractivity contribution in [2.75, 3.05) is 0 Å². The Labute approximate surface area is 72.6 Å². The summed E-state index contributed by atoms with van der Waals surface area (Å²) in [5.41, 5.74) is 0.162. The molecule has 0 radical (unpaired) electrons. The zero-order valence-corrected chi connectivity index (χ0v) is 7.66. The van der Waals surface area contributed by atoms with Gasteiger partial charge in [-0.3, -0.25) is 4.79 Å². The molecular weight excluding hydrogens is 152 g/mol. The first kappa shape index (κ1) is 9.20. The van der Waals surface area contributed by atoms with Gasteiger partial charge in [0.15, 0.2) is 5.78 Å². The molecule has 12 heavy (non-hydrogen) atoms. The molecule has 0 aromatic rings. The average Bonchev–Trinajstić information content (AvgIpc) is 2.06. The van der Waals surface area contributed by atoms with Crippen LogP contribution in [-0.4, -0.2) is 17.0 Å². The van der Waals surface area contributed by atoms with E-state index in [1.54, 1.807) is 13.0 Å². The van der Waals surface area contributed by atoms with E-state index in [2.05, 4.69) is 0 Å². The van der Waals surface area contributed by atoms with Gasteiger partial charge in [-0.2, -0.15) is 0 Å². The number of aliphatic hydroxyl groups is 1. The zero-order valence-electron chi connectivity index (χ0n) is 7.66. The van der Waals surface area contributed by atoms with E-state index in [-0.39, 0.29) is 5.78 Å². The van der Waals surface area contributed by atoms with Crippen molar-refractivity contribution in [3.8, 4) is 0 Å². The van der Waals surface area contributed by atoms with Gasteiger partial charge in [-0.25, -0.2) is 0 Å². The maximum atomic E-state index is 11.4. The Bertz CT molecular complexity index is 259. The molecule has 0 spiro atoms. The van der Waals surface area contributed by atoms with Crippen molar-refractivity contribution in [3.63, 3.8) is 0 Å². The summed E-state index contributed by atoms with van der Waals surface area (Å²) in [5, 5.41) is 9.61. The van der Waals surface area contributed by atoms with E-state index in [1.807, 2.05) is 26.0 Å². The Morgan fingerprint density at radius 1 is 1.50 bits per heavy atom. The topological polar surface area (TPSA) is 37.3 Å². The Morgan fingerprint density at radius 3 is 2.67 bits per heavy atom. The normalized spacial score (nSPS) is 28.2. The first-order chi connectivity index (χ1) is 5.45. The highest BCUT2D eigenvalue weighted by molar-refractivity contribution is 5.99. The van der Waals surface area contributed by atoms with Gasteiger partial charge in [0.2, 0.25) is 0 Å². The van der Waals surface area contributed by atoms with Gasteiger partial charge < -0.3 is 5.11 Å². The Hall–Kier alpha value is -0.890. The monoisotopic (exact) mass is 166 g/mol. The zero-order chi connectivity index (χ0) is 9.35. The summed E-state index contributed by atoms with van der Waals surface area (Å²) < 4.78 is 0. The fraction of sp³-hybridized carbons (Fsp3) is 0.500. The maximum Gasteiger partial charge on any atom is 0.187 e. The minimum Gasteiger partial charge on any atom is -0.384 e. The molecule has 1 aliphatic carbocycles. The number of allylic oxidation sites excluding steroid dienone is 2. The van der Waals surface area contributed by atoms with E-state index >= 15 is 0 Å². The third kappa shape index (κ3) is 1.48. The number of Topliss-reactive ketones (excluding diaryl/α,β-unsaturated/α-hetero) is 1. The molecule has 0 bridgehead atoms. The molecule has 1 atom stereocenters. The number of ketones is 1. The molecule has 0 fully saturated rings. The third-order valence-corrected chi connectivity index (χ3v) is 2.21. The molecule has 1 unspecified atom stereocenters. The summed E-state index contributed by atoms with van der Waals surface area (Å²) in [6.07, 6.45) is 4.50. The first-order valence-corrected chi connectivity index (χ1v) is 4.03. The molecule has 66 valence electrons. The van der Waals surface area contributed by atoms with Gasteiger partial charge in [-0.1, -0.05) is 32.1 Å². The summed E-state index contributed by atoms with van der Waals surface area (Å²) in [4.78, 5) is 11.4. The molecule has 1 rings (SSSR count). The molecule has 0 saturated heterocycles. The molecule has 2 heteroatoms. The minimum atomic E-state index is -0.910. The summed E-state index contributed by atoms with van der Waals surface area (Å²) >= 11 is 0. The molecule has 0 amide bonds. The van der Waals surface area contributed by atoms with Crippen molar-refractivity contribution in [2.24, 2.45) is 5.41 Å². The van der Waals surface area contributed by atoms with Gasteiger partial charge >= 0.3 is 0 Å². The largest absolute Gasteiger partial charge is 0.384 e. The standard InChI is InChI=1S/C10H14O2/c1-7-5-4-6-10(2,3)9(12)8(7)11/h4-6,9,12H,1-3H3. The van der Waals surface area contributed by atoms with Crippen molar-refractivity contribution in [1.82, 2.24) is 0 Å². The van der Waals surface area contributed by atoms with Crippen molar-refractivity contribution >= 4 is 5.78 Å². The lowest BCUT2D eigenvalue weighted by atomic mass is 9.84. The van der Waals surface area contributed by atoms with Crippen molar-refractivity contribution in [1.29, 1.82) is 0 Å². The third-order valence-electron chi connectivity index (χ3n) is 2.21. The van der Waals surface area contributed by atoms with Gasteiger partial charge in [0.1, 0.15) is 6.10 Å². The number of aliphatic hydroxyl groups excluding tert-OH is 1. The van der Waals surface area contributed by atoms with Gasteiger partial charge in [0.25, 0.3) is 0 Å². The minimum absolute atomic E-state index is 0.176. The molecule has 1 N–H and O–H groups in total.